The number of allylic oxidation sites excluding steroid dienone is 6. The van der Waals surface area contributed by atoms with Gasteiger partial charge in [0.2, 0.25) is 5.75 Å². The van der Waals surface area contributed by atoms with E-state index in [1.807, 2.05) is 18.2 Å². The van der Waals surface area contributed by atoms with Crippen LogP contribution in [-0.4, -0.2) is 20.3 Å². The van der Waals surface area contributed by atoms with Gasteiger partial charge in [0.15, 0.2) is 17.1 Å². The number of methoxy groups -OCH3 is 1. The Morgan fingerprint density at radius 2 is 1.37 bits per heavy atom. The summed E-state index contributed by atoms with van der Waals surface area (Å²) >= 11 is 0. The Morgan fingerprint density at radius 1 is 0.800 bits per heavy atom. The molecule has 35 heavy (non-hydrogen) atoms. The molecule has 5 heteroatoms. The minimum atomic E-state index is -0.594. The van der Waals surface area contributed by atoms with Gasteiger partial charge in [0, 0.05) is 0 Å². The zero-order chi connectivity index (χ0) is 25.8. The van der Waals surface area contributed by atoms with Crippen LogP contribution in [0.2, 0.25) is 0 Å². The summed E-state index contributed by atoms with van der Waals surface area (Å²) < 4.78 is 22.9. The van der Waals surface area contributed by atoms with Gasteiger partial charge in [-0.05, 0) is 91.5 Å². The van der Waals surface area contributed by atoms with Gasteiger partial charge in [-0.25, -0.2) is 4.79 Å². The van der Waals surface area contributed by atoms with Crippen molar-refractivity contribution in [3.05, 3.63) is 75.2 Å². The van der Waals surface area contributed by atoms with Crippen molar-refractivity contribution in [2.45, 2.75) is 67.2 Å². The van der Waals surface area contributed by atoms with Crippen LogP contribution in [0.5, 0.6) is 17.2 Å². The van der Waals surface area contributed by atoms with Crippen LogP contribution in [0.4, 0.5) is 0 Å². The first-order valence-electron chi connectivity index (χ1n) is 12.2. The lowest BCUT2D eigenvalue weighted by Crippen LogP contribution is -2.09. The molecule has 190 valence electrons. The monoisotopic (exact) mass is 480 g/mol. The lowest BCUT2D eigenvalue weighted by molar-refractivity contribution is 0.312. The molecule has 0 atom stereocenters. The lowest BCUT2D eigenvalue weighted by atomic mass is 10.1. The first-order chi connectivity index (χ1) is 16.7. The highest BCUT2D eigenvalue weighted by Gasteiger charge is 2.19. The topological polar surface area (TPSA) is 57.9 Å². The Bertz CT molecular complexity index is 1150. The van der Waals surface area contributed by atoms with Crippen LogP contribution >= 0.6 is 0 Å². The molecule has 0 spiro atoms. The molecule has 2 aromatic rings. The van der Waals surface area contributed by atoms with Crippen LogP contribution in [0, 0.1) is 0 Å². The van der Waals surface area contributed by atoms with Crippen LogP contribution in [0.3, 0.4) is 0 Å². The summed E-state index contributed by atoms with van der Waals surface area (Å²) in [5, 5.41) is 0.638. The van der Waals surface area contributed by atoms with Crippen molar-refractivity contribution in [3.63, 3.8) is 0 Å². The molecule has 1 heterocycles. The molecule has 0 aliphatic carbocycles. The van der Waals surface area contributed by atoms with E-state index < -0.39 is 5.63 Å². The van der Waals surface area contributed by atoms with Crippen LogP contribution in [0.25, 0.3) is 11.0 Å². The van der Waals surface area contributed by atoms with Crippen molar-refractivity contribution in [1.82, 2.24) is 0 Å². The van der Waals surface area contributed by atoms with E-state index in [0.29, 0.717) is 35.7 Å². The molecule has 0 radical (unpaired) electrons. The van der Waals surface area contributed by atoms with Crippen molar-refractivity contribution in [1.29, 1.82) is 0 Å². The number of benzene rings is 1. The summed E-state index contributed by atoms with van der Waals surface area (Å²) in [6.07, 6.45) is 12.5. The number of fused-ring (bicyclic) bond motifs is 1. The Labute approximate surface area is 209 Å². The third kappa shape index (κ3) is 9.16. The lowest BCUT2D eigenvalue weighted by Gasteiger charge is -2.13. The molecule has 0 aliphatic heterocycles. The smallest absolute Gasteiger partial charge is 0.383 e. The van der Waals surface area contributed by atoms with Gasteiger partial charge in [0.1, 0.15) is 13.2 Å². The summed E-state index contributed by atoms with van der Waals surface area (Å²) in [6, 6.07) is 5.49. The highest BCUT2D eigenvalue weighted by Crippen LogP contribution is 2.36. The van der Waals surface area contributed by atoms with Crippen LogP contribution < -0.4 is 19.8 Å². The molecule has 0 saturated heterocycles. The fourth-order valence-electron chi connectivity index (χ4n) is 3.51. The van der Waals surface area contributed by atoms with Gasteiger partial charge in [0.05, 0.1) is 12.5 Å². The number of hydrogen-bond donors (Lipinski definition) is 0. The molecule has 0 unspecified atom stereocenters. The zero-order valence-corrected chi connectivity index (χ0v) is 22.3. The molecule has 0 fully saturated rings. The SMILES string of the molecule is COc1c(OC/C=C(\C)CCC=C(C)C)c2cccc(OC/C=C(\C)CCC=C(C)C)c2oc1=O. The van der Waals surface area contributed by atoms with Gasteiger partial charge in [0.25, 0.3) is 0 Å². The molecule has 5 nitrogen and oxygen atoms in total. The second kappa shape index (κ2) is 14.2. The van der Waals surface area contributed by atoms with Crippen molar-refractivity contribution in [2.75, 3.05) is 20.3 Å². The van der Waals surface area contributed by atoms with Crippen molar-refractivity contribution in [3.8, 4) is 17.2 Å². The second-order valence-corrected chi connectivity index (χ2v) is 9.25. The van der Waals surface area contributed by atoms with E-state index in [1.54, 1.807) is 6.07 Å². The number of rotatable bonds is 13. The van der Waals surface area contributed by atoms with Gasteiger partial charge in [-0.2, -0.15) is 0 Å². The minimum Gasteiger partial charge on any atom is -0.487 e. The second-order valence-electron chi connectivity index (χ2n) is 9.25. The quantitative estimate of drug-likeness (QED) is 0.215. The van der Waals surface area contributed by atoms with Crippen LogP contribution in [0.15, 0.2) is 74.0 Å². The van der Waals surface area contributed by atoms with Crippen molar-refractivity contribution >= 4 is 11.0 Å². The van der Waals surface area contributed by atoms with E-state index in [4.69, 9.17) is 18.6 Å². The summed E-state index contributed by atoms with van der Waals surface area (Å²) in [6.45, 7) is 13.3. The van der Waals surface area contributed by atoms with Crippen molar-refractivity contribution < 1.29 is 18.6 Å². The predicted octanol–water partition coefficient (Wildman–Crippen LogP) is 7.94. The molecular weight excluding hydrogens is 440 g/mol. The number of hydrogen-bond acceptors (Lipinski definition) is 5. The van der Waals surface area contributed by atoms with Gasteiger partial charge in [-0.3, -0.25) is 0 Å². The van der Waals surface area contributed by atoms with E-state index in [-0.39, 0.29) is 5.75 Å². The van der Waals surface area contributed by atoms with Crippen LogP contribution in [0.1, 0.15) is 67.2 Å². The Balaban J connectivity index is 2.21. The highest BCUT2D eigenvalue weighted by atomic mass is 16.5. The largest absolute Gasteiger partial charge is 0.487 e. The van der Waals surface area contributed by atoms with E-state index >= 15 is 0 Å². The average Bonchev–Trinajstić information content (AvgIpc) is 2.79. The third-order valence-corrected chi connectivity index (χ3v) is 5.53. The van der Waals surface area contributed by atoms with E-state index in [2.05, 4.69) is 59.8 Å². The first kappa shape index (κ1) is 28.0. The van der Waals surface area contributed by atoms with Crippen molar-refractivity contribution in [2.24, 2.45) is 0 Å². The summed E-state index contributed by atoms with van der Waals surface area (Å²) in [5.74, 6) is 0.917. The van der Waals surface area contributed by atoms with Gasteiger partial charge >= 0.3 is 5.63 Å². The minimum absolute atomic E-state index is 0.0558. The number of para-hydroxylation sites is 1. The summed E-state index contributed by atoms with van der Waals surface area (Å²) in [4.78, 5) is 12.6. The molecule has 0 amide bonds. The normalized spacial score (nSPS) is 11.9. The van der Waals surface area contributed by atoms with E-state index in [0.717, 1.165) is 25.7 Å². The maximum atomic E-state index is 12.6. The Morgan fingerprint density at radius 3 is 1.91 bits per heavy atom. The standard InChI is InChI=1S/C30H40O5/c1-21(2)11-8-13-23(5)17-19-33-26-16-10-15-25-27(26)35-30(31)29(32-7)28(25)34-20-18-24(6)14-9-12-22(3)4/h10-12,15-18H,8-9,13-14,19-20H2,1-7H3/b23-17+,24-18+. The Kier molecular flexibility index (Phi) is 11.4. The van der Waals surface area contributed by atoms with E-state index in [1.165, 1.54) is 29.4 Å². The molecule has 0 saturated carbocycles. The number of ether oxygens (including phenoxy) is 3. The first-order valence-corrected chi connectivity index (χ1v) is 12.2. The molecule has 1 aromatic carbocycles. The van der Waals surface area contributed by atoms with E-state index in [9.17, 15) is 4.79 Å². The fourth-order valence-corrected chi connectivity index (χ4v) is 3.51. The van der Waals surface area contributed by atoms with Gasteiger partial charge < -0.3 is 18.6 Å². The predicted molar refractivity (Wildman–Crippen MR) is 145 cm³/mol. The molecule has 0 aliphatic rings. The third-order valence-electron chi connectivity index (χ3n) is 5.53. The van der Waals surface area contributed by atoms with Crippen LogP contribution in [-0.2, 0) is 0 Å². The maximum Gasteiger partial charge on any atom is 0.383 e. The molecular formula is C30H40O5. The summed E-state index contributed by atoms with van der Waals surface area (Å²) in [5.41, 5.74) is 4.87. The molecule has 0 N–H and O–H groups in total. The fraction of sp³-hybridized carbons (Fsp3) is 0.433. The highest BCUT2D eigenvalue weighted by molar-refractivity contribution is 5.89. The average molecular weight is 481 g/mol. The Hall–Kier alpha value is -3.21. The molecule has 1 aromatic heterocycles. The molecule has 2 rings (SSSR count). The summed E-state index contributed by atoms with van der Waals surface area (Å²) in [7, 11) is 1.44. The molecule has 0 bridgehead atoms. The maximum absolute atomic E-state index is 12.6. The zero-order valence-electron chi connectivity index (χ0n) is 22.3. The van der Waals surface area contributed by atoms with Gasteiger partial charge in [-0.1, -0.05) is 40.5 Å². The van der Waals surface area contributed by atoms with Gasteiger partial charge in [-0.15, -0.1) is 0 Å².